The molecule has 0 saturated carbocycles. The van der Waals surface area contributed by atoms with Gasteiger partial charge < -0.3 is 35.6 Å². The molecule has 4 N–H and O–H groups in total. The van der Waals surface area contributed by atoms with Gasteiger partial charge in [-0.1, -0.05) is 32.9 Å². The second kappa shape index (κ2) is 14.5. The van der Waals surface area contributed by atoms with Crippen molar-refractivity contribution in [2.24, 2.45) is 5.41 Å². The molecule has 13 heteroatoms. The normalized spacial score (nSPS) is 16.0. The smallest absolute Gasteiger partial charge is 0.247 e. The number of hydrogen-bond acceptors (Lipinski definition) is 9. The van der Waals surface area contributed by atoms with E-state index >= 15 is 0 Å². The van der Waals surface area contributed by atoms with E-state index in [0.717, 1.165) is 5.69 Å². The van der Waals surface area contributed by atoms with E-state index in [-0.39, 0.29) is 30.1 Å². The molecule has 1 saturated heterocycles. The van der Waals surface area contributed by atoms with Crippen LogP contribution >= 0.6 is 12.4 Å². The Kier molecular flexibility index (Phi) is 11.3. The number of carbonyl (C=O) groups is 3. The second-order valence-electron chi connectivity index (χ2n) is 11.6. The SMILES string of the molecule is CNC(C)C(=O)NC(C(=O)N1CCCC1C(=O)Nc1cc2c(Nc3ccccc3OC)ncnc2cc1OC)C(C)(C)C.Cl. The number of likely N-dealkylation sites (tertiary alicyclic amines) is 1. The molecule has 2 aromatic carbocycles. The van der Waals surface area contributed by atoms with Gasteiger partial charge in [0.2, 0.25) is 17.7 Å². The van der Waals surface area contributed by atoms with Crippen LogP contribution in [0.3, 0.4) is 0 Å². The first-order valence-corrected chi connectivity index (χ1v) is 14.3. The van der Waals surface area contributed by atoms with Crippen molar-refractivity contribution >= 4 is 58.2 Å². The van der Waals surface area contributed by atoms with Gasteiger partial charge in [0.15, 0.2) is 0 Å². The minimum Gasteiger partial charge on any atom is -0.495 e. The molecule has 0 spiro atoms. The van der Waals surface area contributed by atoms with Crippen molar-refractivity contribution in [1.82, 2.24) is 25.5 Å². The van der Waals surface area contributed by atoms with Crippen LogP contribution in [-0.4, -0.2) is 78.5 Å². The number of carbonyl (C=O) groups excluding carboxylic acids is 3. The van der Waals surface area contributed by atoms with Crippen molar-refractivity contribution in [3.05, 3.63) is 42.7 Å². The first-order chi connectivity index (χ1) is 20.5. The molecule has 1 aliphatic heterocycles. The van der Waals surface area contributed by atoms with Gasteiger partial charge in [-0.15, -0.1) is 12.4 Å². The first-order valence-electron chi connectivity index (χ1n) is 14.3. The molecule has 12 nitrogen and oxygen atoms in total. The predicted octanol–water partition coefficient (Wildman–Crippen LogP) is 3.88. The topological polar surface area (TPSA) is 147 Å². The average molecular weight is 628 g/mol. The minimum absolute atomic E-state index is 0. The molecule has 1 aliphatic rings. The van der Waals surface area contributed by atoms with E-state index < -0.39 is 23.5 Å². The summed E-state index contributed by atoms with van der Waals surface area (Å²) in [5, 5.41) is 12.7. The summed E-state index contributed by atoms with van der Waals surface area (Å²) in [7, 11) is 4.79. The van der Waals surface area contributed by atoms with E-state index in [1.54, 1.807) is 38.1 Å². The molecule has 3 unspecified atom stereocenters. The highest BCUT2D eigenvalue weighted by molar-refractivity contribution is 6.03. The van der Waals surface area contributed by atoms with Crippen molar-refractivity contribution in [2.45, 2.75) is 58.7 Å². The molecule has 4 rings (SSSR count). The number of hydrogen-bond donors (Lipinski definition) is 4. The molecule has 238 valence electrons. The number of nitrogens with one attached hydrogen (secondary N) is 4. The molecule has 0 radical (unpaired) electrons. The zero-order chi connectivity index (χ0) is 31.3. The average Bonchev–Trinajstić information content (AvgIpc) is 3.49. The Labute approximate surface area is 264 Å². The summed E-state index contributed by atoms with van der Waals surface area (Å²) in [6.07, 6.45) is 2.60. The quantitative estimate of drug-likeness (QED) is 0.263. The Bertz CT molecular complexity index is 1500. The summed E-state index contributed by atoms with van der Waals surface area (Å²) in [4.78, 5) is 50.6. The maximum atomic E-state index is 13.8. The van der Waals surface area contributed by atoms with E-state index in [0.29, 0.717) is 53.3 Å². The third kappa shape index (κ3) is 7.48. The number of likely N-dealkylation sites (N-methyl/N-ethyl adjacent to an activating group) is 1. The molecule has 1 aromatic heterocycles. The van der Waals surface area contributed by atoms with E-state index in [9.17, 15) is 14.4 Å². The number of nitrogens with zero attached hydrogens (tertiary/aromatic N) is 3. The number of para-hydroxylation sites is 2. The fourth-order valence-corrected chi connectivity index (χ4v) is 5.06. The number of halogens is 1. The number of anilines is 3. The number of benzene rings is 2. The van der Waals surface area contributed by atoms with E-state index in [1.165, 1.54) is 13.4 Å². The highest BCUT2D eigenvalue weighted by Gasteiger charge is 2.42. The van der Waals surface area contributed by atoms with Crippen LogP contribution in [0, 0.1) is 5.41 Å². The van der Waals surface area contributed by atoms with Gasteiger partial charge >= 0.3 is 0 Å². The molecule has 0 aliphatic carbocycles. The Morgan fingerprint density at radius 2 is 1.73 bits per heavy atom. The van der Waals surface area contributed by atoms with Gasteiger partial charge in [-0.2, -0.15) is 0 Å². The van der Waals surface area contributed by atoms with Crippen LogP contribution in [0.15, 0.2) is 42.7 Å². The van der Waals surface area contributed by atoms with Crippen LogP contribution in [0.5, 0.6) is 11.5 Å². The van der Waals surface area contributed by atoms with Crippen LogP contribution in [0.25, 0.3) is 10.9 Å². The summed E-state index contributed by atoms with van der Waals surface area (Å²) in [6, 6.07) is 8.96. The Hall–Kier alpha value is -4.16. The highest BCUT2D eigenvalue weighted by Crippen LogP contribution is 2.35. The third-order valence-corrected chi connectivity index (χ3v) is 7.64. The molecule has 44 heavy (non-hydrogen) atoms. The van der Waals surface area contributed by atoms with Crippen molar-refractivity contribution < 1.29 is 23.9 Å². The van der Waals surface area contributed by atoms with Crippen LogP contribution in [0.2, 0.25) is 0 Å². The Morgan fingerprint density at radius 3 is 2.39 bits per heavy atom. The predicted molar refractivity (Wildman–Crippen MR) is 173 cm³/mol. The van der Waals surface area contributed by atoms with Crippen LogP contribution in [-0.2, 0) is 14.4 Å². The number of methoxy groups -OCH3 is 2. The fraction of sp³-hybridized carbons (Fsp3) is 0.452. The number of ether oxygens (including phenoxy) is 2. The second-order valence-corrected chi connectivity index (χ2v) is 11.6. The largest absolute Gasteiger partial charge is 0.495 e. The summed E-state index contributed by atoms with van der Waals surface area (Å²) in [5.41, 5.74) is 1.17. The molecular weight excluding hydrogens is 586 g/mol. The first kappa shape index (κ1) is 34.3. The van der Waals surface area contributed by atoms with Crippen molar-refractivity contribution in [3.63, 3.8) is 0 Å². The summed E-state index contributed by atoms with van der Waals surface area (Å²) >= 11 is 0. The van der Waals surface area contributed by atoms with Gasteiger partial charge in [0.1, 0.15) is 35.7 Å². The lowest BCUT2D eigenvalue weighted by Gasteiger charge is -2.36. The van der Waals surface area contributed by atoms with E-state index in [4.69, 9.17) is 9.47 Å². The van der Waals surface area contributed by atoms with Gasteiger partial charge in [-0.05, 0) is 50.4 Å². The van der Waals surface area contributed by atoms with Gasteiger partial charge in [0.05, 0.1) is 37.2 Å². The lowest BCUT2D eigenvalue weighted by atomic mass is 9.85. The van der Waals surface area contributed by atoms with Gasteiger partial charge in [-0.3, -0.25) is 14.4 Å². The van der Waals surface area contributed by atoms with Crippen molar-refractivity contribution in [1.29, 1.82) is 0 Å². The maximum Gasteiger partial charge on any atom is 0.247 e. The van der Waals surface area contributed by atoms with Crippen LogP contribution in [0.4, 0.5) is 17.2 Å². The lowest BCUT2D eigenvalue weighted by molar-refractivity contribution is -0.143. The molecule has 3 atom stereocenters. The summed E-state index contributed by atoms with van der Waals surface area (Å²) in [6.45, 7) is 7.82. The molecule has 2 heterocycles. The minimum atomic E-state index is -0.805. The molecule has 3 amide bonds. The number of fused-ring (bicyclic) bond motifs is 1. The third-order valence-electron chi connectivity index (χ3n) is 7.64. The zero-order valence-corrected chi connectivity index (χ0v) is 27.0. The van der Waals surface area contributed by atoms with Crippen LogP contribution < -0.4 is 30.7 Å². The van der Waals surface area contributed by atoms with Gasteiger partial charge in [0, 0.05) is 18.0 Å². The van der Waals surface area contributed by atoms with Gasteiger partial charge in [-0.25, -0.2) is 9.97 Å². The summed E-state index contributed by atoms with van der Waals surface area (Å²) in [5.74, 6) is 0.666. The maximum absolute atomic E-state index is 13.8. The number of aromatic nitrogens is 2. The fourth-order valence-electron chi connectivity index (χ4n) is 5.06. The van der Waals surface area contributed by atoms with Gasteiger partial charge in [0.25, 0.3) is 0 Å². The molecule has 3 aromatic rings. The van der Waals surface area contributed by atoms with E-state index in [1.807, 2.05) is 45.0 Å². The van der Waals surface area contributed by atoms with Crippen LogP contribution in [0.1, 0.15) is 40.5 Å². The molecule has 0 bridgehead atoms. The number of rotatable bonds is 10. The highest BCUT2D eigenvalue weighted by atomic mass is 35.5. The van der Waals surface area contributed by atoms with Crippen molar-refractivity contribution in [2.75, 3.05) is 38.4 Å². The Morgan fingerprint density at radius 1 is 1.02 bits per heavy atom. The molecular formula is C31H42ClN7O5. The Balaban J connectivity index is 0.00000529. The lowest BCUT2D eigenvalue weighted by Crippen LogP contribution is -2.59. The number of amides is 3. The summed E-state index contributed by atoms with van der Waals surface area (Å²) < 4.78 is 11.1. The monoisotopic (exact) mass is 627 g/mol. The van der Waals surface area contributed by atoms with Crippen molar-refractivity contribution in [3.8, 4) is 11.5 Å². The zero-order valence-electron chi connectivity index (χ0n) is 26.2. The standard InChI is InChI=1S/C31H41N7O5.ClH/c1-18(32-5)28(39)37-26(31(2,3)4)30(41)38-14-10-12-23(38)29(40)36-22-15-19-21(16-25(22)43-7)33-17-34-27(19)35-20-11-8-9-13-24(20)42-6;/h8-9,11,13,15-18,23,26,32H,10,12,14H2,1-7H3,(H,36,40)(H,37,39)(H,33,34,35);1H. The molecule has 1 fully saturated rings. The van der Waals surface area contributed by atoms with E-state index in [2.05, 4.69) is 31.2 Å².